The lowest BCUT2D eigenvalue weighted by Gasteiger charge is -2.34. The topological polar surface area (TPSA) is 35.6 Å². The third kappa shape index (κ3) is 2.55. The smallest absolute Gasteiger partial charge is 0.496 e. The highest BCUT2D eigenvalue weighted by molar-refractivity contribution is 6.58. The van der Waals surface area contributed by atoms with Crippen molar-refractivity contribution in [3.63, 3.8) is 0 Å². The molecule has 0 aliphatic carbocycles. The van der Waals surface area contributed by atoms with E-state index in [1.807, 2.05) is 13.8 Å². The molecule has 2 aromatic rings. The van der Waals surface area contributed by atoms with Crippen molar-refractivity contribution in [1.82, 2.24) is 4.48 Å². The van der Waals surface area contributed by atoms with Crippen molar-refractivity contribution in [2.75, 3.05) is 21.3 Å². The second-order valence-corrected chi connectivity index (χ2v) is 7.75. The SMILES string of the molecule is COc1cc(OC)c(C2=C3C(C)=CC(C)=[N+]3[B-](F)(F)n3c(C)cc(C)c32)cc1OC. The van der Waals surface area contributed by atoms with Crippen LogP contribution in [0, 0.1) is 13.8 Å². The van der Waals surface area contributed by atoms with Crippen molar-refractivity contribution in [1.29, 1.82) is 0 Å². The number of fused-ring (bicyclic) bond motifs is 2. The number of hydrogen-bond acceptors (Lipinski definition) is 3. The molecule has 158 valence electrons. The molecular weight excluding hydrogens is 389 g/mol. The number of benzene rings is 1. The van der Waals surface area contributed by atoms with E-state index in [0.29, 0.717) is 51.2 Å². The number of halogens is 2. The van der Waals surface area contributed by atoms with E-state index in [1.165, 1.54) is 8.96 Å². The summed E-state index contributed by atoms with van der Waals surface area (Å²) in [6.07, 6.45) is 1.80. The van der Waals surface area contributed by atoms with Gasteiger partial charge in [0.1, 0.15) is 11.5 Å². The quantitative estimate of drug-likeness (QED) is 0.689. The highest BCUT2D eigenvalue weighted by Gasteiger charge is 2.55. The van der Waals surface area contributed by atoms with Crippen molar-refractivity contribution >= 4 is 18.3 Å². The van der Waals surface area contributed by atoms with Gasteiger partial charge in [-0.05, 0) is 44.2 Å². The molecule has 5 nitrogen and oxygen atoms in total. The second kappa shape index (κ2) is 6.75. The summed E-state index contributed by atoms with van der Waals surface area (Å²) in [5.74, 6) is 1.54. The second-order valence-electron chi connectivity index (χ2n) is 7.75. The van der Waals surface area contributed by atoms with E-state index in [-0.39, 0.29) is 0 Å². The normalized spacial score (nSPS) is 17.0. The van der Waals surface area contributed by atoms with Crippen LogP contribution in [0.25, 0.3) is 5.57 Å². The molecule has 0 atom stereocenters. The molecule has 0 N–H and O–H groups in total. The molecule has 2 aliphatic heterocycles. The third-order valence-electron chi connectivity index (χ3n) is 5.91. The number of rotatable bonds is 4. The molecule has 1 aromatic heterocycles. The Balaban J connectivity index is 2.18. The minimum atomic E-state index is -4.03. The van der Waals surface area contributed by atoms with Crippen molar-refractivity contribution in [3.8, 4) is 17.2 Å². The fourth-order valence-corrected chi connectivity index (χ4v) is 4.78. The maximum absolute atomic E-state index is 15.8. The fourth-order valence-electron chi connectivity index (χ4n) is 4.78. The Hall–Kier alpha value is -3.03. The Morgan fingerprint density at radius 3 is 2.07 bits per heavy atom. The number of allylic oxidation sites excluding steroid dienone is 2. The van der Waals surface area contributed by atoms with E-state index in [1.54, 1.807) is 59.5 Å². The Labute approximate surface area is 174 Å². The van der Waals surface area contributed by atoms with Crippen molar-refractivity contribution in [2.24, 2.45) is 0 Å². The predicted molar refractivity (Wildman–Crippen MR) is 114 cm³/mol. The molecule has 0 fully saturated rings. The minimum Gasteiger partial charge on any atom is -0.496 e. The molecule has 0 radical (unpaired) electrons. The standard InChI is InChI=1S/C22H25BF2N2O3/c1-12-8-14(3)26-21(12)20(22-13(2)9-15(4)27(22)23(26,24)25)16-10-18(29-6)19(30-7)11-17(16)28-5/h8-11H,1-7H3. The van der Waals surface area contributed by atoms with E-state index in [0.717, 1.165) is 11.1 Å². The first-order valence-corrected chi connectivity index (χ1v) is 9.74. The Kier molecular flexibility index (Phi) is 4.56. The summed E-state index contributed by atoms with van der Waals surface area (Å²) < 4.78 is 50.4. The van der Waals surface area contributed by atoms with Gasteiger partial charge in [0.05, 0.1) is 26.9 Å². The highest BCUT2D eigenvalue weighted by Crippen LogP contribution is 2.48. The first-order chi connectivity index (χ1) is 14.2. The molecule has 0 spiro atoms. The van der Waals surface area contributed by atoms with Gasteiger partial charge in [0.25, 0.3) is 0 Å². The van der Waals surface area contributed by atoms with Gasteiger partial charge in [-0.15, -0.1) is 0 Å². The minimum absolute atomic E-state index is 0.497. The highest BCUT2D eigenvalue weighted by atomic mass is 19.2. The summed E-state index contributed by atoms with van der Waals surface area (Å²) in [7, 11) is 4.65. The van der Waals surface area contributed by atoms with Crippen LogP contribution in [0.2, 0.25) is 0 Å². The Bertz CT molecular complexity index is 1180. The maximum Gasteiger partial charge on any atom is 0.737 e. The van der Waals surface area contributed by atoms with Crippen LogP contribution in [0.3, 0.4) is 0 Å². The number of hydrogen-bond donors (Lipinski definition) is 0. The molecular formula is C22H25BF2N2O3. The summed E-state index contributed by atoms with van der Waals surface area (Å²) in [5, 5.41) is 0. The van der Waals surface area contributed by atoms with Crippen LogP contribution in [0.1, 0.15) is 36.4 Å². The van der Waals surface area contributed by atoms with Crippen LogP contribution < -0.4 is 14.2 Å². The van der Waals surface area contributed by atoms with Gasteiger partial charge >= 0.3 is 6.97 Å². The summed E-state index contributed by atoms with van der Waals surface area (Å²) in [6.45, 7) is 3.12. The summed E-state index contributed by atoms with van der Waals surface area (Å²) in [5.41, 5.74) is 4.95. The molecule has 0 saturated heterocycles. The predicted octanol–water partition coefficient (Wildman–Crippen LogP) is 4.56. The van der Waals surface area contributed by atoms with E-state index in [9.17, 15) is 0 Å². The first kappa shape index (κ1) is 20.3. The zero-order valence-corrected chi connectivity index (χ0v) is 18.3. The largest absolute Gasteiger partial charge is 0.737 e. The zero-order valence-electron chi connectivity index (χ0n) is 18.3. The number of nitrogens with zero attached hydrogens (tertiary/aromatic N) is 2. The Morgan fingerprint density at radius 2 is 1.47 bits per heavy atom. The lowest BCUT2D eigenvalue weighted by Crippen LogP contribution is -2.51. The fraction of sp³-hybridized carbons (Fsp3) is 0.318. The van der Waals surface area contributed by atoms with Gasteiger partial charge in [-0.3, -0.25) is 0 Å². The Morgan fingerprint density at radius 1 is 0.867 bits per heavy atom. The summed E-state index contributed by atoms with van der Waals surface area (Å²) in [6, 6.07) is 5.32. The van der Waals surface area contributed by atoms with Gasteiger partial charge in [0.2, 0.25) is 0 Å². The van der Waals surface area contributed by atoms with Gasteiger partial charge < -0.3 is 31.8 Å². The van der Waals surface area contributed by atoms with Crippen LogP contribution in [-0.4, -0.2) is 43.0 Å². The lowest BCUT2D eigenvalue weighted by atomic mass is 9.83. The van der Waals surface area contributed by atoms with Crippen LogP contribution in [0.4, 0.5) is 8.63 Å². The summed E-state index contributed by atoms with van der Waals surface area (Å²) >= 11 is 0. The van der Waals surface area contributed by atoms with Crippen LogP contribution >= 0.6 is 0 Å². The third-order valence-corrected chi connectivity index (χ3v) is 5.91. The van der Waals surface area contributed by atoms with E-state index in [2.05, 4.69) is 0 Å². The van der Waals surface area contributed by atoms with E-state index >= 15 is 8.63 Å². The molecule has 8 heteroatoms. The maximum atomic E-state index is 15.8. The average molecular weight is 414 g/mol. The van der Waals surface area contributed by atoms with Crippen molar-refractivity contribution in [2.45, 2.75) is 27.7 Å². The number of aromatic nitrogens is 1. The zero-order chi connectivity index (χ0) is 22.0. The van der Waals surface area contributed by atoms with Gasteiger partial charge in [0, 0.05) is 35.9 Å². The molecule has 30 heavy (non-hydrogen) atoms. The molecule has 3 heterocycles. The van der Waals surface area contributed by atoms with Crippen LogP contribution in [-0.2, 0) is 0 Å². The number of aryl methyl sites for hydroxylation is 2. The van der Waals surface area contributed by atoms with Crippen molar-refractivity contribution in [3.05, 3.63) is 58.1 Å². The molecule has 0 amide bonds. The van der Waals surface area contributed by atoms with E-state index in [4.69, 9.17) is 14.2 Å². The molecule has 0 bridgehead atoms. The first-order valence-electron chi connectivity index (χ1n) is 9.74. The van der Waals surface area contributed by atoms with Gasteiger partial charge in [-0.1, -0.05) is 0 Å². The van der Waals surface area contributed by atoms with Gasteiger partial charge in [-0.2, -0.15) is 0 Å². The molecule has 4 rings (SSSR count). The van der Waals surface area contributed by atoms with E-state index < -0.39 is 6.97 Å². The summed E-state index contributed by atoms with van der Waals surface area (Å²) in [4.78, 5) is 0. The molecule has 1 aromatic carbocycles. The van der Waals surface area contributed by atoms with Crippen LogP contribution in [0.15, 0.2) is 35.5 Å². The lowest BCUT2D eigenvalue weighted by molar-refractivity contribution is -0.363. The van der Waals surface area contributed by atoms with Crippen molar-refractivity contribution < 1.29 is 27.3 Å². The average Bonchev–Trinajstić information content (AvgIpc) is 3.17. The van der Waals surface area contributed by atoms with Crippen LogP contribution in [0.5, 0.6) is 17.2 Å². The number of ether oxygens (including phenoxy) is 3. The molecule has 0 unspecified atom stereocenters. The number of methoxy groups -OCH3 is 3. The van der Waals surface area contributed by atoms with Gasteiger partial charge in [-0.25, -0.2) is 0 Å². The molecule has 2 aliphatic rings. The molecule has 0 saturated carbocycles. The van der Waals surface area contributed by atoms with Gasteiger partial charge in [0.15, 0.2) is 17.2 Å². The monoisotopic (exact) mass is 414 g/mol.